The van der Waals surface area contributed by atoms with Crippen LogP contribution in [0.4, 0.5) is 5.69 Å². The molecule has 0 aliphatic carbocycles. The van der Waals surface area contributed by atoms with E-state index in [0.29, 0.717) is 23.1 Å². The second kappa shape index (κ2) is 4.06. The molecule has 0 radical (unpaired) electrons. The maximum atomic E-state index is 11.8. The summed E-state index contributed by atoms with van der Waals surface area (Å²) >= 11 is 0. The number of carbonyl (C=O) groups excluding carboxylic acids is 1. The standard InChI is InChI=1S/C12H10N2O4/c1-7-13-5-11(18-7)12(15)14-8-2-3-9-10(4-8)17-6-16-9/h2-5H,6H2,1H3,(H,14,15). The first kappa shape index (κ1) is 10.6. The van der Waals surface area contributed by atoms with Crippen molar-refractivity contribution in [3.63, 3.8) is 0 Å². The van der Waals surface area contributed by atoms with Crippen LogP contribution in [0.1, 0.15) is 16.4 Å². The number of hydrogen-bond acceptors (Lipinski definition) is 5. The average molecular weight is 246 g/mol. The van der Waals surface area contributed by atoms with E-state index in [1.165, 1.54) is 6.20 Å². The van der Waals surface area contributed by atoms with Gasteiger partial charge in [0.05, 0.1) is 6.20 Å². The Kier molecular flexibility index (Phi) is 2.40. The molecule has 1 aliphatic rings. The molecule has 2 heterocycles. The number of aromatic nitrogens is 1. The summed E-state index contributed by atoms with van der Waals surface area (Å²) < 4.78 is 15.5. The molecule has 0 atom stereocenters. The fraction of sp³-hybridized carbons (Fsp3) is 0.167. The molecule has 6 heteroatoms. The third kappa shape index (κ3) is 1.88. The minimum atomic E-state index is -0.352. The summed E-state index contributed by atoms with van der Waals surface area (Å²) in [5.41, 5.74) is 0.610. The average Bonchev–Trinajstić information content (AvgIpc) is 2.96. The highest BCUT2D eigenvalue weighted by molar-refractivity contribution is 6.02. The van der Waals surface area contributed by atoms with Crippen molar-refractivity contribution in [2.75, 3.05) is 12.1 Å². The molecule has 18 heavy (non-hydrogen) atoms. The van der Waals surface area contributed by atoms with E-state index in [0.717, 1.165) is 0 Å². The number of nitrogens with zero attached hydrogens (tertiary/aromatic N) is 1. The summed E-state index contributed by atoms with van der Waals surface area (Å²) in [5.74, 6) is 1.55. The number of benzene rings is 1. The third-order valence-corrected chi connectivity index (χ3v) is 2.48. The Bertz CT molecular complexity index is 606. The van der Waals surface area contributed by atoms with Gasteiger partial charge in [0.25, 0.3) is 5.91 Å². The minimum Gasteiger partial charge on any atom is -0.454 e. The summed E-state index contributed by atoms with van der Waals surface area (Å²) in [6.07, 6.45) is 1.39. The smallest absolute Gasteiger partial charge is 0.293 e. The zero-order chi connectivity index (χ0) is 12.5. The fourth-order valence-electron chi connectivity index (χ4n) is 1.63. The van der Waals surface area contributed by atoms with Crippen LogP contribution in [0.15, 0.2) is 28.8 Å². The SMILES string of the molecule is Cc1ncc(C(=O)Nc2ccc3c(c2)OCO3)o1. The lowest BCUT2D eigenvalue weighted by molar-refractivity contribution is 0.0995. The van der Waals surface area contributed by atoms with Crippen molar-refractivity contribution < 1.29 is 18.7 Å². The van der Waals surface area contributed by atoms with E-state index < -0.39 is 0 Å². The first-order valence-electron chi connectivity index (χ1n) is 5.36. The highest BCUT2D eigenvalue weighted by Crippen LogP contribution is 2.34. The van der Waals surface area contributed by atoms with Gasteiger partial charge in [0.15, 0.2) is 17.4 Å². The van der Waals surface area contributed by atoms with Gasteiger partial charge >= 0.3 is 0 Å². The Labute approximate surface area is 103 Å². The normalized spacial score (nSPS) is 12.5. The largest absolute Gasteiger partial charge is 0.454 e. The molecule has 1 aromatic carbocycles. The van der Waals surface area contributed by atoms with Crippen LogP contribution in [-0.2, 0) is 0 Å². The van der Waals surface area contributed by atoms with Crippen molar-refractivity contribution in [2.45, 2.75) is 6.92 Å². The molecule has 3 rings (SSSR count). The van der Waals surface area contributed by atoms with Crippen LogP contribution in [-0.4, -0.2) is 17.7 Å². The number of ether oxygens (including phenoxy) is 2. The lowest BCUT2D eigenvalue weighted by Crippen LogP contribution is -2.10. The zero-order valence-corrected chi connectivity index (χ0v) is 9.60. The van der Waals surface area contributed by atoms with Crippen molar-refractivity contribution >= 4 is 11.6 Å². The van der Waals surface area contributed by atoms with Crippen molar-refractivity contribution in [1.82, 2.24) is 4.98 Å². The Morgan fingerprint density at radius 3 is 2.94 bits per heavy atom. The quantitative estimate of drug-likeness (QED) is 0.876. The summed E-state index contributed by atoms with van der Waals surface area (Å²) in [7, 11) is 0. The van der Waals surface area contributed by atoms with Gasteiger partial charge in [0, 0.05) is 18.7 Å². The zero-order valence-electron chi connectivity index (χ0n) is 9.60. The van der Waals surface area contributed by atoms with Crippen LogP contribution in [0.3, 0.4) is 0 Å². The number of oxazole rings is 1. The predicted octanol–water partition coefficient (Wildman–Crippen LogP) is 1.96. The van der Waals surface area contributed by atoms with E-state index in [2.05, 4.69) is 10.3 Å². The molecule has 0 spiro atoms. The molecule has 2 aromatic rings. The second-order valence-electron chi connectivity index (χ2n) is 3.77. The molecule has 0 saturated heterocycles. The third-order valence-electron chi connectivity index (χ3n) is 2.48. The Morgan fingerprint density at radius 1 is 1.33 bits per heavy atom. The van der Waals surface area contributed by atoms with E-state index >= 15 is 0 Å². The van der Waals surface area contributed by atoms with Gasteiger partial charge in [-0.3, -0.25) is 4.79 Å². The predicted molar refractivity (Wildman–Crippen MR) is 61.8 cm³/mol. The summed E-state index contributed by atoms with van der Waals surface area (Å²) in [6, 6.07) is 5.17. The lowest BCUT2D eigenvalue weighted by atomic mass is 10.2. The van der Waals surface area contributed by atoms with Gasteiger partial charge in [0.2, 0.25) is 12.6 Å². The van der Waals surface area contributed by atoms with E-state index in [9.17, 15) is 4.79 Å². The number of fused-ring (bicyclic) bond motifs is 1. The van der Waals surface area contributed by atoms with Gasteiger partial charge in [-0.1, -0.05) is 0 Å². The number of carbonyl (C=O) groups is 1. The van der Waals surface area contributed by atoms with Crippen molar-refractivity contribution in [3.05, 3.63) is 36.0 Å². The molecule has 0 bridgehead atoms. The second-order valence-corrected chi connectivity index (χ2v) is 3.77. The highest BCUT2D eigenvalue weighted by atomic mass is 16.7. The number of amides is 1. The molecule has 0 fully saturated rings. The molecule has 1 amide bonds. The number of nitrogens with one attached hydrogen (secondary N) is 1. The summed E-state index contributed by atoms with van der Waals surface area (Å²) in [5, 5.41) is 2.69. The van der Waals surface area contributed by atoms with Gasteiger partial charge in [-0.25, -0.2) is 4.98 Å². The Balaban J connectivity index is 1.78. The minimum absolute atomic E-state index is 0.171. The maximum absolute atomic E-state index is 11.8. The van der Waals surface area contributed by atoms with Gasteiger partial charge in [0.1, 0.15) is 0 Å². The van der Waals surface area contributed by atoms with Crippen LogP contribution >= 0.6 is 0 Å². The Hall–Kier alpha value is -2.50. The van der Waals surface area contributed by atoms with Gasteiger partial charge in [-0.2, -0.15) is 0 Å². The van der Waals surface area contributed by atoms with Crippen LogP contribution in [0, 0.1) is 6.92 Å². The molecule has 92 valence electrons. The van der Waals surface area contributed by atoms with Gasteiger partial charge < -0.3 is 19.2 Å². The van der Waals surface area contributed by atoms with Crippen molar-refractivity contribution in [3.8, 4) is 11.5 Å². The van der Waals surface area contributed by atoms with Crippen LogP contribution < -0.4 is 14.8 Å². The first-order valence-corrected chi connectivity index (χ1v) is 5.36. The van der Waals surface area contributed by atoms with E-state index in [1.54, 1.807) is 25.1 Å². The highest BCUT2D eigenvalue weighted by Gasteiger charge is 2.16. The van der Waals surface area contributed by atoms with Gasteiger partial charge in [-0.15, -0.1) is 0 Å². The van der Waals surface area contributed by atoms with Crippen molar-refractivity contribution in [2.24, 2.45) is 0 Å². The molecule has 1 N–H and O–H groups in total. The van der Waals surface area contributed by atoms with Gasteiger partial charge in [-0.05, 0) is 12.1 Å². The van der Waals surface area contributed by atoms with Crippen molar-refractivity contribution in [1.29, 1.82) is 0 Å². The molecule has 1 aliphatic heterocycles. The summed E-state index contributed by atoms with van der Waals surface area (Å²) in [6.45, 7) is 1.88. The summed E-state index contributed by atoms with van der Waals surface area (Å²) in [4.78, 5) is 15.7. The topological polar surface area (TPSA) is 73.6 Å². The van der Waals surface area contributed by atoms with E-state index in [4.69, 9.17) is 13.9 Å². The fourth-order valence-corrected chi connectivity index (χ4v) is 1.63. The van der Waals surface area contributed by atoms with Crippen LogP contribution in [0.5, 0.6) is 11.5 Å². The number of anilines is 1. The number of hydrogen-bond donors (Lipinski definition) is 1. The monoisotopic (exact) mass is 246 g/mol. The molecule has 6 nitrogen and oxygen atoms in total. The Morgan fingerprint density at radius 2 is 2.17 bits per heavy atom. The van der Waals surface area contributed by atoms with E-state index in [-0.39, 0.29) is 18.5 Å². The first-order chi connectivity index (χ1) is 8.72. The molecular weight excluding hydrogens is 236 g/mol. The molecule has 1 aromatic heterocycles. The number of aryl methyl sites for hydroxylation is 1. The van der Waals surface area contributed by atoms with Crippen LogP contribution in [0.25, 0.3) is 0 Å². The number of rotatable bonds is 2. The molecule has 0 saturated carbocycles. The lowest BCUT2D eigenvalue weighted by Gasteiger charge is -2.03. The van der Waals surface area contributed by atoms with Crippen LogP contribution in [0.2, 0.25) is 0 Å². The molecule has 0 unspecified atom stereocenters. The van der Waals surface area contributed by atoms with E-state index in [1.807, 2.05) is 0 Å². The maximum Gasteiger partial charge on any atom is 0.293 e. The molecular formula is C12H10N2O4.